The number of carboxylic acid groups (broad SMARTS) is 1. The third-order valence-electron chi connectivity index (χ3n) is 3.10. The zero-order chi connectivity index (χ0) is 14.9. The highest BCUT2D eigenvalue weighted by Crippen LogP contribution is 2.33. The van der Waals surface area contributed by atoms with Crippen molar-refractivity contribution in [1.29, 1.82) is 0 Å². The number of hydrogen-bond donors (Lipinski definition) is 1. The maximum Gasteiger partial charge on any atom is 0.412 e. The highest BCUT2D eigenvalue weighted by Gasteiger charge is 2.35. The summed E-state index contributed by atoms with van der Waals surface area (Å²) in [5.74, 6) is -1.14. The van der Waals surface area contributed by atoms with Crippen LogP contribution in [0.25, 0.3) is 0 Å². The number of hydrogen-bond acceptors (Lipinski definition) is 2. The summed E-state index contributed by atoms with van der Waals surface area (Å²) in [7, 11) is 0. The van der Waals surface area contributed by atoms with Gasteiger partial charge in [0.05, 0.1) is 11.3 Å². The van der Waals surface area contributed by atoms with Crippen molar-refractivity contribution in [2.24, 2.45) is 0 Å². The van der Waals surface area contributed by atoms with E-state index in [1.165, 1.54) is 18.2 Å². The molecule has 1 aliphatic rings. The molecule has 1 N–H and O–H groups in total. The smallest absolute Gasteiger partial charge is 0.412 e. The Morgan fingerprint density at radius 3 is 2.55 bits per heavy atom. The summed E-state index contributed by atoms with van der Waals surface area (Å²) in [5, 5.41) is 9.45. The van der Waals surface area contributed by atoms with Gasteiger partial charge < -0.3 is 10.0 Å². The molecule has 20 heavy (non-hydrogen) atoms. The van der Waals surface area contributed by atoms with Gasteiger partial charge in [-0.2, -0.15) is 13.2 Å². The second-order valence-electron chi connectivity index (χ2n) is 4.39. The molecule has 0 atom stereocenters. The topological polar surface area (TPSA) is 40.5 Å². The van der Waals surface area contributed by atoms with Crippen molar-refractivity contribution in [3.8, 4) is 0 Å². The van der Waals surface area contributed by atoms with E-state index in [1.54, 1.807) is 4.90 Å². The SMILES string of the molecule is O=C(O)c1ccc(Cl)cc1N1CC=C(C(F)(F)F)CC1. The molecule has 3 nitrogen and oxygen atoms in total. The van der Waals surface area contributed by atoms with Crippen LogP contribution in [0.4, 0.5) is 18.9 Å². The minimum Gasteiger partial charge on any atom is -0.478 e. The molecule has 0 spiro atoms. The van der Waals surface area contributed by atoms with Crippen molar-refractivity contribution in [3.05, 3.63) is 40.4 Å². The number of anilines is 1. The van der Waals surface area contributed by atoms with Crippen molar-refractivity contribution in [2.75, 3.05) is 18.0 Å². The van der Waals surface area contributed by atoms with Gasteiger partial charge in [-0.1, -0.05) is 17.7 Å². The Morgan fingerprint density at radius 1 is 1.35 bits per heavy atom. The molecule has 1 aliphatic heterocycles. The van der Waals surface area contributed by atoms with Crippen LogP contribution in [0.2, 0.25) is 5.02 Å². The van der Waals surface area contributed by atoms with Gasteiger partial charge in [-0.25, -0.2) is 4.79 Å². The molecule has 0 saturated carbocycles. The Bertz CT molecular complexity index is 569. The highest BCUT2D eigenvalue weighted by atomic mass is 35.5. The molecule has 7 heteroatoms. The molecule has 1 heterocycles. The molecular weight excluding hydrogens is 295 g/mol. The van der Waals surface area contributed by atoms with Gasteiger partial charge in [-0.15, -0.1) is 0 Å². The Morgan fingerprint density at radius 2 is 2.05 bits per heavy atom. The summed E-state index contributed by atoms with van der Waals surface area (Å²) < 4.78 is 37.6. The van der Waals surface area contributed by atoms with Gasteiger partial charge in [-0.05, 0) is 24.6 Å². The van der Waals surface area contributed by atoms with Crippen molar-refractivity contribution in [1.82, 2.24) is 0 Å². The number of carboxylic acids is 1. The van der Waals surface area contributed by atoms with E-state index in [2.05, 4.69) is 0 Å². The number of carbonyl (C=O) groups is 1. The van der Waals surface area contributed by atoms with Crippen LogP contribution >= 0.6 is 11.6 Å². The molecule has 0 radical (unpaired) electrons. The van der Waals surface area contributed by atoms with Crippen LogP contribution in [0, 0.1) is 0 Å². The third kappa shape index (κ3) is 3.07. The van der Waals surface area contributed by atoms with Crippen molar-refractivity contribution < 1.29 is 23.1 Å². The summed E-state index contributed by atoms with van der Waals surface area (Å²) in [6.45, 7) is 0.113. The quantitative estimate of drug-likeness (QED) is 0.846. The van der Waals surface area contributed by atoms with Crippen LogP contribution in [0.15, 0.2) is 29.8 Å². The molecule has 0 fully saturated rings. The first-order valence-corrected chi connectivity index (χ1v) is 6.21. The summed E-state index contributed by atoms with van der Waals surface area (Å²) in [6, 6.07) is 4.25. The van der Waals surface area contributed by atoms with Crippen LogP contribution in [0.1, 0.15) is 16.8 Å². The van der Waals surface area contributed by atoms with E-state index in [-0.39, 0.29) is 25.1 Å². The zero-order valence-corrected chi connectivity index (χ0v) is 11.0. The zero-order valence-electron chi connectivity index (χ0n) is 10.2. The fourth-order valence-electron chi connectivity index (χ4n) is 2.09. The number of rotatable bonds is 2. The van der Waals surface area contributed by atoms with Crippen molar-refractivity contribution >= 4 is 23.3 Å². The third-order valence-corrected chi connectivity index (χ3v) is 3.34. The summed E-state index contributed by atoms with van der Waals surface area (Å²) >= 11 is 5.83. The average Bonchev–Trinajstić information content (AvgIpc) is 2.37. The first-order chi connectivity index (χ1) is 9.29. The average molecular weight is 306 g/mol. The Labute approximate surface area is 118 Å². The lowest BCUT2D eigenvalue weighted by Gasteiger charge is -2.30. The number of halogens is 4. The van der Waals surface area contributed by atoms with Gasteiger partial charge >= 0.3 is 12.1 Å². The van der Waals surface area contributed by atoms with E-state index in [0.717, 1.165) is 6.08 Å². The van der Waals surface area contributed by atoms with E-state index in [4.69, 9.17) is 16.7 Å². The van der Waals surface area contributed by atoms with E-state index in [0.29, 0.717) is 10.7 Å². The lowest BCUT2D eigenvalue weighted by atomic mass is 10.1. The maximum atomic E-state index is 12.5. The molecule has 0 amide bonds. The van der Waals surface area contributed by atoms with Crippen LogP contribution in [0.3, 0.4) is 0 Å². The van der Waals surface area contributed by atoms with Gasteiger partial charge in [0.1, 0.15) is 0 Å². The molecule has 0 aromatic heterocycles. The number of nitrogens with zero attached hydrogens (tertiary/aromatic N) is 1. The summed E-state index contributed by atoms with van der Waals surface area (Å²) in [5.41, 5.74) is -0.214. The predicted molar refractivity (Wildman–Crippen MR) is 69.4 cm³/mol. The normalized spacial score (nSPS) is 16.0. The fourth-order valence-corrected chi connectivity index (χ4v) is 2.26. The van der Waals surface area contributed by atoms with E-state index >= 15 is 0 Å². The number of aromatic carboxylic acids is 1. The lowest BCUT2D eigenvalue weighted by molar-refractivity contribution is -0.0944. The number of benzene rings is 1. The maximum absolute atomic E-state index is 12.5. The first-order valence-electron chi connectivity index (χ1n) is 5.83. The molecule has 0 unspecified atom stereocenters. The van der Waals surface area contributed by atoms with E-state index in [9.17, 15) is 18.0 Å². The predicted octanol–water partition coefficient (Wildman–Crippen LogP) is 3.74. The minimum atomic E-state index is -4.32. The lowest BCUT2D eigenvalue weighted by Crippen LogP contribution is -2.32. The Balaban J connectivity index is 2.29. The minimum absolute atomic E-state index is 0.00939. The second-order valence-corrected chi connectivity index (χ2v) is 4.83. The summed E-state index contributed by atoms with van der Waals surface area (Å²) in [6.07, 6.45) is -3.42. The van der Waals surface area contributed by atoms with E-state index < -0.39 is 17.7 Å². The van der Waals surface area contributed by atoms with Gasteiger partial charge in [-0.3, -0.25) is 0 Å². The molecular formula is C13H11ClF3NO2. The van der Waals surface area contributed by atoms with Crippen LogP contribution in [-0.2, 0) is 0 Å². The molecule has 0 bridgehead atoms. The van der Waals surface area contributed by atoms with Crippen molar-refractivity contribution in [2.45, 2.75) is 12.6 Å². The Hall–Kier alpha value is -1.69. The van der Waals surface area contributed by atoms with Gasteiger partial charge in [0, 0.05) is 23.7 Å². The van der Waals surface area contributed by atoms with Gasteiger partial charge in [0.15, 0.2) is 0 Å². The van der Waals surface area contributed by atoms with Crippen LogP contribution in [0.5, 0.6) is 0 Å². The second kappa shape index (κ2) is 5.36. The number of alkyl halides is 3. The fraction of sp³-hybridized carbons (Fsp3) is 0.308. The van der Waals surface area contributed by atoms with Crippen LogP contribution < -0.4 is 4.90 Å². The van der Waals surface area contributed by atoms with E-state index in [1.807, 2.05) is 0 Å². The molecule has 2 rings (SSSR count). The Kier molecular flexibility index (Phi) is 3.94. The first kappa shape index (κ1) is 14.7. The molecule has 108 valence electrons. The molecule has 1 aromatic carbocycles. The molecule has 0 saturated heterocycles. The van der Waals surface area contributed by atoms with Crippen LogP contribution in [-0.4, -0.2) is 30.3 Å². The van der Waals surface area contributed by atoms with Gasteiger partial charge in [0.25, 0.3) is 0 Å². The van der Waals surface area contributed by atoms with Gasteiger partial charge in [0.2, 0.25) is 0 Å². The standard InChI is InChI=1S/C13H11ClF3NO2/c14-9-1-2-10(12(19)20)11(7-9)18-5-3-8(4-6-18)13(15,16)17/h1-3,7H,4-6H2,(H,19,20). The largest absolute Gasteiger partial charge is 0.478 e. The highest BCUT2D eigenvalue weighted by molar-refractivity contribution is 6.31. The summed E-state index contributed by atoms with van der Waals surface area (Å²) in [4.78, 5) is 12.7. The van der Waals surface area contributed by atoms with Crippen molar-refractivity contribution in [3.63, 3.8) is 0 Å². The molecule has 1 aromatic rings. The molecule has 0 aliphatic carbocycles. The monoisotopic (exact) mass is 305 g/mol.